The lowest BCUT2D eigenvalue weighted by molar-refractivity contribution is -0.128. The van der Waals surface area contributed by atoms with E-state index in [9.17, 15) is 14.0 Å². The maximum absolute atomic E-state index is 12.9. The number of amides is 2. The maximum Gasteiger partial charge on any atom is 0.251 e. The number of halogens is 1. The standard InChI is InChI=1S/C19H25FN2O2/c1-15(23)22(13-11-16-5-3-2-4-6-16)14-12-21-19(24)17-7-9-18(20)10-8-17/h5,7-10H,2-4,6,11-14H2,1H3,(H,21,24). The fraction of sp³-hybridized carbons (Fsp3) is 0.474. The third-order valence-electron chi connectivity index (χ3n) is 4.31. The van der Waals surface area contributed by atoms with Crippen LogP contribution in [0.1, 0.15) is 49.4 Å². The summed E-state index contributed by atoms with van der Waals surface area (Å²) < 4.78 is 12.9. The van der Waals surface area contributed by atoms with Gasteiger partial charge < -0.3 is 10.2 Å². The van der Waals surface area contributed by atoms with Gasteiger partial charge >= 0.3 is 0 Å². The number of allylic oxidation sites excluding steroid dienone is 1. The molecule has 2 amide bonds. The smallest absolute Gasteiger partial charge is 0.251 e. The summed E-state index contributed by atoms with van der Waals surface area (Å²) in [6.45, 7) is 3.11. The Morgan fingerprint density at radius 1 is 1.17 bits per heavy atom. The summed E-state index contributed by atoms with van der Waals surface area (Å²) >= 11 is 0. The zero-order valence-electron chi connectivity index (χ0n) is 14.2. The predicted octanol–water partition coefficient (Wildman–Crippen LogP) is 3.29. The van der Waals surface area contributed by atoms with E-state index in [0.717, 1.165) is 19.3 Å². The molecule has 0 bridgehead atoms. The Hall–Kier alpha value is -2.17. The van der Waals surface area contributed by atoms with Crippen molar-refractivity contribution < 1.29 is 14.0 Å². The number of nitrogens with one attached hydrogen (secondary N) is 1. The molecule has 130 valence electrons. The molecular formula is C19H25FN2O2. The van der Waals surface area contributed by atoms with Crippen LogP contribution in [-0.4, -0.2) is 36.3 Å². The van der Waals surface area contributed by atoms with Crippen LogP contribution in [0, 0.1) is 5.82 Å². The molecule has 2 rings (SSSR count). The Bertz CT molecular complexity index is 596. The second kappa shape index (κ2) is 9.21. The summed E-state index contributed by atoms with van der Waals surface area (Å²) in [5.41, 5.74) is 1.85. The van der Waals surface area contributed by atoms with Gasteiger partial charge in [-0.3, -0.25) is 9.59 Å². The van der Waals surface area contributed by atoms with Crippen molar-refractivity contribution in [3.8, 4) is 0 Å². The maximum atomic E-state index is 12.9. The number of rotatable bonds is 7. The molecule has 5 heteroatoms. The molecule has 1 aliphatic rings. The SMILES string of the molecule is CC(=O)N(CCNC(=O)c1ccc(F)cc1)CCC1=CCCCC1. The van der Waals surface area contributed by atoms with Gasteiger partial charge in [0.05, 0.1) is 0 Å². The van der Waals surface area contributed by atoms with Crippen molar-refractivity contribution in [1.82, 2.24) is 10.2 Å². The molecule has 0 spiro atoms. The molecule has 0 saturated heterocycles. The van der Waals surface area contributed by atoms with Gasteiger partial charge in [0, 0.05) is 32.1 Å². The topological polar surface area (TPSA) is 49.4 Å². The largest absolute Gasteiger partial charge is 0.350 e. The molecule has 1 N–H and O–H groups in total. The van der Waals surface area contributed by atoms with Crippen molar-refractivity contribution >= 4 is 11.8 Å². The molecule has 1 aromatic carbocycles. The van der Waals surface area contributed by atoms with Crippen molar-refractivity contribution in [2.24, 2.45) is 0 Å². The number of nitrogens with zero attached hydrogens (tertiary/aromatic N) is 1. The molecule has 1 aromatic rings. The van der Waals surface area contributed by atoms with Gasteiger partial charge in [0.1, 0.15) is 5.82 Å². The molecule has 0 radical (unpaired) electrons. The van der Waals surface area contributed by atoms with Gasteiger partial charge in [-0.1, -0.05) is 11.6 Å². The van der Waals surface area contributed by atoms with Crippen LogP contribution in [0.3, 0.4) is 0 Å². The van der Waals surface area contributed by atoms with E-state index in [-0.39, 0.29) is 17.6 Å². The molecule has 0 saturated carbocycles. The number of carbonyl (C=O) groups excluding carboxylic acids is 2. The Morgan fingerprint density at radius 3 is 2.54 bits per heavy atom. The third kappa shape index (κ3) is 5.80. The highest BCUT2D eigenvalue weighted by Gasteiger charge is 2.12. The van der Waals surface area contributed by atoms with Crippen molar-refractivity contribution in [1.29, 1.82) is 0 Å². The summed E-state index contributed by atoms with van der Waals surface area (Å²) in [5, 5.41) is 2.77. The van der Waals surface area contributed by atoms with Gasteiger partial charge in [0.15, 0.2) is 0 Å². The number of hydrogen-bond acceptors (Lipinski definition) is 2. The van der Waals surface area contributed by atoms with E-state index in [2.05, 4.69) is 11.4 Å². The first kappa shape index (κ1) is 18.2. The molecule has 0 heterocycles. The molecule has 0 unspecified atom stereocenters. The minimum atomic E-state index is -0.369. The van der Waals surface area contributed by atoms with Crippen LogP contribution in [0.2, 0.25) is 0 Å². The first-order valence-electron chi connectivity index (χ1n) is 8.53. The Kier molecular flexibility index (Phi) is 6.97. The van der Waals surface area contributed by atoms with Crippen LogP contribution in [0.15, 0.2) is 35.9 Å². The monoisotopic (exact) mass is 332 g/mol. The number of hydrogen-bond donors (Lipinski definition) is 1. The van der Waals surface area contributed by atoms with E-state index in [1.54, 1.807) is 11.8 Å². The Labute approximate surface area is 142 Å². The predicted molar refractivity (Wildman–Crippen MR) is 92.2 cm³/mol. The van der Waals surface area contributed by atoms with Gasteiger partial charge in [0.25, 0.3) is 5.91 Å². The minimum Gasteiger partial charge on any atom is -0.350 e. The lowest BCUT2D eigenvalue weighted by Gasteiger charge is -2.23. The molecule has 0 fully saturated rings. The summed E-state index contributed by atoms with van der Waals surface area (Å²) in [4.78, 5) is 25.5. The van der Waals surface area contributed by atoms with Gasteiger partial charge in [-0.2, -0.15) is 0 Å². The molecule has 24 heavy (non-hydrogen) atoms. The van der Waals surface area contributed by atoms with Crippen LogP contribution in [0.25, 0.3) is 0 Å². The first-order chi connectivity index (χ1) is 11.6. The molecular weight excluding hydrogens is 307 g/mol. The molecule has 0 aromatic heterocycles. The van der Waals surface area contributed by atoms with Crippen LogP contribution in [-0.2, 0) is 4.79 Å². The van der Waals surface area contributed by atoms with Gasteiger partial charge in [0.2, 0.25) is 5.91 Å². The van der Waals surface area contributed by atoms with Gasteiger partial charge in [-0.25, -0.2) is 4.39 Å². The van der Waals surface area contributed by atoms with Crippen LogP contribution in [0.4, 0.5) is 4.39 Å². The van der Waals surface area contributed by atoms with E-state index < -0.39 is 0 Å². The van der Waals surface area contributed by atoms with Gasteiger partial charge in [-0.05, 0) is 56.4 Å². The van der Waals surface area contributed by atoms with E-state index in [1.807, 2.05) is 0 Å². The average molecular weight is 332 g/mol. The fourth-order valence-corrected chi connectivity index (χ4v) is 2.84. The van der Waals surface area contributed by atoms with Crippen LogP contribution < -0.4 is 5.32 Å². The molecule has 0 aliphatic heterocycles. The number of carbonyl (C=O) groups is 2. The van der Waals surface area contributed by atoms with Crippen molar-refractivity contribution in [2.75, 3.05) is 19.6 Å². The van der Waals surface area contributed by atoms with Crippen molar-refractivity contribution in [2.45, 2.75) is 39.0 Å². The van der Waals surface area contributed by atoms with Crippen molar-refractivity contribution in [3.63, 3.8) is 0 Å². The highest BCUT2D eigenvalue weighted by atomic mass is 19.1. The lowest BCUT2D eigenvalue weighted by Crippen LogP contribution is -2.38. The van der Waals surface area contributed by atoms with Crippen molar-refractivity contribution in [3.05, 3.63) is 47.3 Å². The van der Waals surface area contributed by atoms with Crippen LogP contribution in [0.5, 0.6) is 0 Å². The zero-order chi connectivity index (χ0) is 17.4. The second-order valence-corrected chi connectivity index (χ2v) is 6.13. The van der Waals surface area contributed by atoms with Gasteiger partial charge in [-0.15, -0.1) is 0 Å². The summed E-state index contributed by atoms with van der Waals surface area (Å²) in [7, 11) is 0. The van der Waals surface area contributed by atoms with E-state index >= 15 is 0 Å². The highest BCUT2D eigenvalue weighted by Crippen LogP contribution is 2.20. The van der Waals surface area contributed by atoms with E-state index in [4.69, 9.17) is 0 Å². The first-order valence-corrected chi connectivity index (χ1v) is 8.53. The fourth-order valence-electron chi connectivity index (χ4n) is 2.84. The summed E-state index contributed by atoms with van der Waals surface area (Å²) in [6, 6.07) is 5.41. The lowest BCUT2D eigenvalue weighted by atomic mass is 9.97. The Balaban J connectivity index is 1.76. The van der Waals surface area contributed by atoms with E-state index in [0.29, 0.717) is 25.2 Å². The highest BCUT2D eigenvalue weighted by molar-refractivity contribution is 5.94. The zero-order valence-corrected chi connectivity index (χ0v) is 14.2. The molecule has 1 aliphatic carbocycles. The normalized spacial score (nSPS) is 14.0. The van der Waals surface area contributed by atoms with Crippen LogP contribution >= 0.6 is 0 Å². The average Bonchev–Trinajstić information content (AvgIpc) is 2.59. The molecule has 4 nitrogen and oxygen atoms in total. The third-order valence-corrected chi connectivity index (χ3v) is 4.31. The quantitative estimate of drug-likeness (QED) is 0.779. The number of benzene rings is 1. The Morgan fingerprint density at radius 2 is 1.92 bits per heavy atom. The molecule has 0 atom stereocenters. The second-order valence-electron chi connectivity index (χ2n) is 6.13. The van der Waals surface area contributed by atoms with E-state index in [1.165, 1.54) is 42.7 Å². The summed E-state index contributed by atoms with van der Waals surface area (Å²) in [6.07, 6.45) is 7.97. The minimum absolute atomic E-state index is 0.0161. The summed E-state index contributed by atoms with van der Waals surface area (Å²) in [5.74, 6) is -0.609.